The summed E-state index contributed by atoms with van der Waals surface area (Å²) >= 11 is 0. The van der Waals surface area contributed by atoms with Crippen molar-refractivity contribution in [1.29, 1.82) is 0 Å². The molecule has 3 atom stereocenters. The highest BCUT2D eigenvalue weighted by Crippen LogP contribution is 2.24. The van der Waals surface area contributed by atoms with Gasteiger partial charge in [-0.05, 0) is 23.8 Å². The quantitative estimate of drug-likeness (QED) is 0.864. The van der Waals surface area contributed by atoms with E-state index in [0.29, 0.717) is 0 Å². The average molecular weight is 233 g/mol. The largest absolute Gasteiger partial charge is 0.388 e. The van der Waals surface area contributed by atoms with Crippen molar-refractivity contribution < 1.29 is 5.11 Å². The Balaban J connectivity index is 1.79. The van der Waals surface area contributed by atoms with Crippen LogP contribution in [0.2, 0.25) is 0 Å². The molecule has 1 aromatic carbocycles. The highest BCUT2D eigenvalue weighted by Gasteiger charge is 2.25. The summed E-state index contributed by atoms with van der Waals surface area (Å²) in [7, 11) is 0. The van der Waals surface area contributed by atoms with Gasteiger partial charge in [0.15, 0.2) is 0 Å². The molecule has 2 rings (SSSR count). The van der Waals surface area contributed by atoms with Gasteiger partial charge in [0.25, 0.3) is 0 Å². The van der Waals surface area contributed by atoms with Crippen LogP contribution in [0.4, 0.5) is 0 Å². The molecule has 0 amide bonds. The minimum absolute atomic E-state index is 0.317. The van der Waals surface area contributed by atoms with E-state index in [1.54, 1.807) is 0 Å². The molecule has 1 aliphatic rings. The Kier molecular flexibility index (Phi) is 4.19. The van der Waals surface area contributed by atoms with Crippen molar-refractivity contribution >= 4 is 0 Å². The van der Waals surface area contributed by atoms with Gasteiger partial charge in [-0.3, -0.25) is 0 Å². The van der Waals surface area contributed by atoms with Gasteiger partial charge < -0.3 is 10.0 Å². The first-order chi connectivity index (χ1) is 8.16. The molecule has 17 heavy (non-hydrogen) atoms. The second-order valence-corrected chi connectivity index (χ2v) is 5.43. The van der Waals surface area contributed by atoms with Crippen molar-refractivity contribution in [2.24, 2.45) is 11.8 Å². The molecule has 0 bridgehead atoms. The SMILES string of the molecule is CC1CN(CCC(O)c2ccccc2)CC1C. The molecule has 0 spiro atoms. The lowest BCUT2D eigenvalue weighted by atomic mass is 10.0. The van der Waals surface area contributed by atoms with Gasteiger partial charge in [0.1, 0.15) is 0 Å². The van der Waals surface area contributed by atoms with Crippen molar-refractivity contribution in [1.82, 2.24) is 4.90 Å². The number of rotatable bonds is 4. The zero-order valence-corrected chi connectivity index (χ0v) is 10.8. The normalized spacial score (nSPS) is 27.2. The van der Waals surface area contributed by atoms with E-state index >= 15 is 0 Å². The standard InChI is InChI=1S/C15H23NO/c1-12-10-16(11-13(12)2)9-8-15(17)14-6-4-3-5-7-14/h3-7,12-13,15,17H,8-11H2,1-2H3. The van der Waals surface area contributed by atoms with Crippen LogP contribution in [-0.2, 0) is 0 Å². The number of hydrogen-bond acceptors (Lipinski definition) is 2. The Morgan fingerprint density at radius 2 is 1.76 bits per heavy atom. The molecule has 2 nitrogen and oxygen atoms in total. The predicted octanol–water partition coefficient (Wildman–Crippen LogP) is 2.70. The fraction of sp³-hybridized carbons (Fsp3) is 0.600. The average Bonchev–Trinajstić information content (AvgIpc) is 2.67. The molecule has 1 fully saturated rings. The van der Waals surface area contributed by atoms with Crippen LogP contribution in [0.3, 0.4) is 0 Å². The molecule has 3 unspecified atom stereocenters. The number of aliphatic hydroxyl groups is 1. The Bertz CT molecular complexity index is 328. The summed E-state index contributed by atoms with van der Waals surface area (Å²) in [6.45, 7) is 8.01. The molecule has 0 radical (unpaired) electrons. The maximum atomic E-state index is 10.1. The zero-order chi connectivity index (χ0) is 12.3. The van der Waals surface area contributed by atoms with Crippen LogP contribution < -0.4 is 0 Å². The molecule has 0 aliphatic carbocycles. The molecule has 0 aromatic heterocycles. The van der Waals surface area contributed by atoms with Gasteiger partial charge in [0.05, 0.1) is 6.10 Å². The Hall–Kier alpha value is -0.860. The third-order valence-electron chi connectivity index (χ3n) is 3.97. The summed E-state index contributed by atoms with van der Waals surface area (Å²) in [5.74, 6) is 1.59. The molecular weight excluding hydrogens is 210 g/mol. The lowest BCUT2D eigenvalue weighted by molar-refractivity contribution is 0.147. The number of hydrogen-bond donors (Lipinski definition) is 1. The molecule has 1 saturated heterocycles. The monoisotopic (exact) mass is 233 g/mol. The Labute approximate surface area is 104 Å². The molecule has 94 valence electrons. The summed E-state index contributed by atoms with van der Waals surface area (Å²) < 4.78 is 0. The summed E-state index contributed by atoms with van der Waals surface area (Å²) in [6.07, 6.45) is 0.520. The van der Waals surface area contributed by atoms with Crippen LogP contribution in [-0.4, -0.2) is 29.6 Å². The van der Waals surface area contributed by atoms with E-state index in [4.69, 9.17) is 0 Å². The van der Waals surface area contributed by atoms with Crippen molar-refractivity contribution in [2.75, 3.05) is 19.6 Å². The van der Waals surface area contributed by atoms with Crippen molar-refractivity contribution in [3.05, 3.63) is 35.9 Å². The second-order valence-electron chi connectivity index (χ2n) is 5.43. The van der Waals surface area contributed by atoms with Gasteiger partial charge >= 0.3 is 0 Å². The minimum atomic E-state index is -0.317. The van der Waals surface area contributed by atoms with Crippen LogP contribution in [0.15, 0.2) is 30.3 Å². The number of nitrogens with zero attached hydrogens (tertiary/aromatic N) is 1. The molecule has 1 heterocycles. The molecule has 1 aromatic rings. The fourth-order valence-corrected chi connectivity index (χ4v) is 2.58. The van der Waals surface area contributed by atoms with Crippen LogP contribution in [0.5, 0.6) is 0 Å². The molecule has 2 heteroatoms. The second kappa shape index (κ2) is 5.65. The topological polar surface area (TPSA) is 23.5 Å². The predicted molar refractivity (Wildman–Crippen MR) is 70.8 cm³/mol. The van der Waals surface area contributed by atoms with E-state index in [9.17, 15) is 5.11 Å². The van der Waals surface area contributed by atoms with E-state index in [1.165, 1.54) is 13.1 Å². The number of benzene rings is 1. The third kappa shape index (κ3) is 3.30. The van der Waals surface area contributed by atoms with Gasteiger partial charge in [0.2, 0.25) is 0 Å². The van der Waals surface area contributed by atoms with Crippen molar-refractivity contribution in [3.63, 3.8) is 0 Å². The number of aliphatic hydroxyl groups excluding tert-OH is 1. The van der Waals surface area contributed by atoms with E-state index in [2.05, 4.69) is 18.7 Å². The first-order valence-corrected chi connectivity index (χ1v) is 6.62. The Morgan fingerprint density at radius 1 is 1.18 bits per heavy atom. The highest BCUT2D eigenvalue weighted by molar-refractivity contribution is 5.17. The van der Waals surface area contributed by atoms with Crippen LogP contribution >= 0.6 is 0 Å². The van der Waals surface area contributed by atoms with Gasteiger partial charge in [-0.15, -0.1) is 0 Å². The zero-order valence-electron chi connectivity index (χ0n) is 10.8. The summed E-state index contributed by atoms with van der Waals surface area (Å²) in [5.41, 5.74) is 1.03. The summed E-state index contributed by atoms with van der Waals surface area (Å²) in [5, 5.41) is 10.1. The summed E-state index contributed by atoms with van der Waals surface area (Å²) in [4.78, 5) is 2.47. The van der Waals surface area contributed by atoms with Gasteiger partial charge in [-0.1, -0.05) is 44.2 Å². The third-order valence-corrected chi connectivity index (χ3v) is 3.97. The van der Waals surface area contributed by atoms with E-state index in [1.807, 2.05) is 30.3 Å². The van der Waals surface area contributed by atoms with E-state index in [0.717, 1.165) is 30.4 Å². The maximum absolute atomic E-state index is 10.1. The van der Waals surface area contributed by atoms with Gasteiger partial charge in [0, 0.05) is 19.6 Å². The fourth-order valence-electron chi connectivity index (χ4n) is 2.58. The van der Waals surface area contributed by atoms with Crippen molar-refractivity contribution in [3.8, 4) is 0 Å². The van der Waals surface area contributed by atoms with Gasteiger partial charge in [-0.2, -0.15) is 0 Å². The molecule has 0 saturated carbocycles. The lowest BCUT2D eigenvalue weighted by Crippen LogP contribution is -2.23. The smallest absolute Gasteiger partial charge is 0.0802 e. The minimum Gasteiger partial charge on any atom is -0.388 e. The number of likely N-dealkylation sites (tertiary alicyclic amines) is 1. The first kappa shape index (κ1) is 12.6. The highest BCUT2D eigenvalue weighted by atomic mass is 16.3. The molecule has 1 N–H and O–H groups in total. The van der Waals surface area contributed by atoms with Gasteiger partial charge in [-0.25, -0.2) is 0 Å². The van der Waals surface area contributed by atoms with E-state index < -0.39 is 0 Å². The van der Waals surface area contributed by atoms with Crippen molar-refractivity contribution in [2.45, 2.75) is 26.4 Å². The molecular formula is C15H23NO. The molecule has 1 aliphatic heterocycles. The van der Waals surface area contributed by atoms with E-state index in [-0.39, 0.29) is 6.10 Å². The summed E-state index contributed by atoms with van der Waals surface area (Å²) in [6, 6.07) is 9.96. The Morgan fingerprint density at radius 3 is 2.35 bits per heavy atom. The van der Waals surface area contributed by atoms with Crippen LogP contribution in [0.25, 0.3) is 0 Å². The van der Waals surface area contributed by atoms with Crippen LogP contribution in [0, 0.1) is 11.8 Å². The first-order valence-electron chi connectivity index (χ1n) is 6.62. The van der Waals surface area contributed by atoms with Crippen LogP contribution in [0.1, 0.15) is 31.9 Å². The maximum Gasteiger partial charge on any atom is 0.0802 e. The lowest BCUT2D eigenvalue weighted by Gasteiger charge is -2.18.